The predicted molar refractivity (Wildman–Crippen MR) is 73.9 cm³/mol. The Hall–Kier alpha value is -2.08. The number of urea groups is 1. The van der Waals surface area contributed by atoms with E-state index in [0.29, 0.717) is 37.6 Å². The summed E-state index contributed by atoms with van der Waals surface area (Å²) in [6.45, 7) is 4.03. The smallest absolute Gasteiger partial charge is 0.339 e. The monoisotopic (exact) mass is 278 g/mol. The molecule has 0 aliphatic carbocycles. The molecule has 0 bridgehead atoms. The first-order valence-electron chi connectivity index (χ1n) is 6.44. The van der Waals surface area contributed by atoms with Crippen LogP contribution in [0.2, 0.25) is 0 Å². The van der Waals surface area contributed by atoms with E-state index in [1.807, 2.05) is 13.0 Å². The Labute approximate surface area is 117 Å². The zero-order chi connectivity index (χ0) is 14.5. The minimum Gasteiger partial charge on any atom is -0.465 e. The molecule has 0 unspecified atom stereocenters. The van der Waals surface area contributed by atoms with Crippen LogP contribution in [0.3, 0.4) is 0 Å². The van der Waals surface area contributed by atoms with E-state index in [-0.39, 0.29) is 6.03 Å². The molecular weight excluding hydrogens is 260 g/mol. The molecule has 0 aromatic heterocycles. The largest absolute Gasteiger partial charge is 0.465 e. The molecule has 1 fully saturated rings. The SMILES string of the molecule is COC(=O)c1cc(C)ccc1NC(=O)N1CCOCC1. The minimum absolute atomic E-state index is 0.234. The van der Waals surface area contributed by atoms with Gasteiger partial charge in [-0.2, -0.15) is 0 Å². The second-order valence-corrected chi connectivity index (χ2v) is 4.57. The number of rotatable bonds is 2. The molecule has 1 aromatic carbocycles. The predicted octanol–water partition coefficient (Wildman–Crippen LogP) is 1.65. The maximum absolute atomic E-state index is 12.1. The van der Waals surface area contributed by atoms with Crippen LogP contribution in [0.15, 0.2) is 18.2 Å². The number of benzene rings is 1. The van der Waals surface area contributed by atoms with Crippen LogP contribution < -0.4 is 5.32 Å². The Morgan fingerprint density at radius 2 is 2.00 bits per heavy atom. The lowest BCUT2D eigenvalue weighted by atomic mass is 10.1. The third-order valence-electron chi connectivity index (χ3n) is 3.12. The van der Waals surface area contributed by atoms with E-state index in [2.05, 4.69) is 5.32 Å². The number of methoxy groups -OCH3 is 1. The van der Waals surface area contributed by atoms with E-state index in [1.54, 1.807) is 17.0 Å². The zero-order valence-corrected chi connectivity index (χ0v) is 11.6. The highest BCUT2D eigenvalue weighted by atomic mass is 16.5. The summed E-state index contributed by atoms with van der Waals surface area (Å²) in [4.78, 5) is 25.5. The summed E-state index contributed by atoms with van der Waals surface area (Å²) in [5, 5.41) is 2.75. The summed E-state index contributed by atoms with van der Waals surface area (Å²) >= 11 is 0. The van der Waals surface area contributed by atoms with Gasteiger partial charge in [-0.25, -0.2) is 9.59 Å². The Kier molecular flexibility index (Phi) is 4.57. The van der Waals surface area contributed by atoms with Crippen molar-refractivity contribution in [3.63, 3.8) is 0 Å². The van der Waals surface area contributed by atoms with Crippen molar-refractivity contribution in [1.82, 2.24) is 4.90 Å². The summed E-state index contributed by atoms with van der Waals surface area (Å²) in [5.41, 5.74) is 1.74. The van der Waals surface area contributed by atoms with Gasteiger partial charge in [0.2, 0.25) is 0 Å². The van der Waals surface area contributed by atoms with E-state index < -0.39 is 5.97 Å². The lowest BCUT2D eigenvalue weighted by Gasteiger charge is -2.27. The van der Waals surface area contributed by atoms with Crippen LogP contribution in [0.25, 0.3) is 0 Å². The van der Waals surface area contributed by atoms with Crippen molar-refractivity contribution in [1.29, 1.82) is 0 Å². The first-order chi connectivity index (χ1) is 9.61. The average molecular weight is 278 g/mol. The van der Waals surface area contributed by atoms with Crippen LogP contribution in [0.1, 0.15) is 15.9 Å². The molecule has 2 rings (SSSR count). The van der Waals surface area contributed by atoms with Crippen molar-refractivity contribution in [2.24, 2.45) is 0 Å². The number of aryl methyl sites for hydroxylation is 1. The van der Waals surface area contributed by atoms with Gasteiger partial charge < -0.3 is 19.7 Å². The lowest BCUT2D eigenvalue weighted by Crippen LogP contribution is -2.43. The topological polar surface area (TPSA) is 67.9 Å². The minimum atomic E-state index is -0.467. The molecule has 1 aromatic rings. The van der Waals surface area contributed by atoms with Crippen LogP contribution in [0.5, 0.6) is 0 Å². The van der Waals surface area contributed by atoms with Gasteiger partial charge in [-0.05, 0) is 19.1 Å². The van der Waals surface area contributed by atoms with Gasteiger partial charge in [0.05, 0.1) is 31.6 Å². The number of ether oxygens (including phenoxy) is 2. The number of carbonyl (C=O) groups is 2. The second-order valence-electron chi connectivity index (χ2n) is 4.57. The summed E-state index contributed by atoms with van der Waals surface area (Å²) in [7, 11) is 1.32. The quantitative estimate of drug-likeness (QED) is 0.835. The molecule has 0 radical (unpaired) electrons. The highest BCUT2D eigenvalue weighted by Crippen LogP contribution is 2.19. The maximum Gasteiger partial charge on any atom is 0.339 e. The van der Waals surface area contributed by atoms with E-state index in [0.717, 1.165) is 5.56 Å². The molecule has 1 saturated heterocycles. The van der Waals surface area contributed by atoms with Crippen LogP contribution in [0, 0.1) is 6.92 Å². The zero-order valence-electron chi connectivity index (χ0n) is 11.6. The fraction of sp³-hybridized carbons (Fsp3) is 0.429. The summed E-state index contributed by atoms with van der Waals surface area (Å²) in [6.07, 6.45) is 0. The molecule has 0 atom stereocenters. The van der Waals surface area contributed by atoms with Crippen molar-refractivity contribution in [2.75, 3.05) is 38.7 Å². The number of amides is 2. The summed E-state index contributed by atoms with van der Waals surface area (Å²) in [6, 6.07) is 5.00. The second kappa shape index (κ2) is 6.38. The van der Waals surface area contributed by atoms with Crippen molar-refractivity contribution in [2.45, 2.75) is 6.92 Å². The van der Waals surface area contributed by atoms with Crippen LogP contribution in [0.4, 0.5) is 10.5 Å². The Morgan fingerprint density at radius 1 is 1.30 bits per heavy atom. The molecule has 6 heteroatoms. The number of nitrogens with zero attached hydrogens (tertiary/aromatic N) is 1. The van der Waals surface area contributed by atoms with Crippen molar-refractivity contribution in [3.05, 3.63) is 29.3 Å². The number of esters is 1. The summed E-state index contributed by atoms with van der Waals surface area (Å²) < 4.78 is 9.93. The van der Waals surface area contributed by atoms with E-state index >= 15 is 0 Å². The Balaban J connectivity index is 2.15. The highest BCUT2D eigenvalue weighted by Gasteiger charge is 2.19. The molecule has 0 saturated carbocycles. The third kappa shape index (κ3) is 3.27. The third-order valence-corrected chi connectivity index (χ3v) is 3.12. The lowest BCUT2D eigenvalue weighted by molar-refractivity contribution is 0.0563. The van der Waals surface area contributed by atoms with Gasteiger partial charge in [0.1, 0.15) is 0 Å². The molecule has 6 nitrogen and oxygen atoms in total. The van der Waals surface area contributed by atoms with E-state index in [4.69, 9.17) is 9.47 Å². The fourth-order valence-corrected chi connectivity index (χ4v) is 2.01. The molecule has 108 valence electrons. The van der Waals surface area contributed by atoms with E-state index in [9.17, 15) is 9.59 Å². The molecule has 20 heavy (non-hydrogen) atoms. The van der Waals surface area contributed by atoms with Crippen LogP contribution in [-0.4, -0.2) is 50.3 Å². The molecule has 0 spiro atoms. The molecule has 1 aliphatic rings. The van der Waals surface area contributed by atoms with E-state index in [1.165, 1.54) is 7.11 Å². The number of hydrogen-bond acceptors (Lipinski definition) is 4. The maximum atomic E-state index is 12.1. The molecule has 1 heterocycles. The average Bonchev–Trinajstić information content (AvgIpc) is 2.49. The Bertz CT molecular complexity index is 510. The van der Waals surface area contributed by atoms with Gasteiger partial charge in [-0.15, -0.1) is 0 Å². The van der Waals surface area contributed by atoms with Crippen molar-refractivity contribution < 1.29 is 19.1 Å². The molecular formula is C14H18N2O4. The van der Waals surface area contributed by atoms with Crippen LogP contribution in [-0.2, 0) is 9.47 Å². The summed E-state index contributed by atoms with van der Waals surface area (Å²) in [5.74, 6) is -0.467. The van der Waals surface area contributed by atoms with Crippen LogP contribution >= 0.6 is 0 Å². The number of carbonyl (C=O) groups excluding carboxylic acids is 2. The fourth-order valence-electron chi connectivity index (χ4n) is 2.01. The van der Waals surface area contributed by atoms with Gasteiger partial charge in [0, 0.05) is 13.1 Å². The number of hydrogen-bond donors (Lipinski definition) is 1. The highest BCUT2D eigenvalue weighted by molar-refractivity contribution is 6.01. The van der Waals surface area contributed by atoms with Crippen molar-refractivity contribution >= 4 is 17.7 Å². The Morgan fingerprint density at radius 3 is 2.65 bits per heavy atom. The number of morpholine rings is 1. The van der Waals surface area contributed by atoms with Gasteiger partial charge in [0.15, 0.2) is 0 Å². The number of anilines is 1. The van der Waals surface area contributed by atoms with Gasteiger partial charge in [-0.3, -0.25) is 0 Å². The van der Waals surface area contributed by atoms with Crippen molar-refractivity contribution in [3.8, 4) is 0 Å². The molecule has 1 aliphatic heterocycles. The first-order valence-corrected chi connectivity index (χ1v) is 6.44. The normalized spacial score (nSPS) is 14.8. The van der Waals surface area contributed by atoms with Gasteiger partial charge in [0.25, 0.3) is 0 Å². The standard InChI is InChI=1S/C14H18N2O4/c1-10-3-4-12(11(9-10)13(17)19-2)15-14(18)16-5-7-20-8-6-16/h3-4,9H,5-8H2,1-2H3,(H,15,18). The van der Waals surface area contributed by atoms with Gasteiger partial charge in [-0.1, -0.05) is 11.6 Å². The van der Waals surface area contributed by atoms with Gasteiger partial charge >= 0.3 is 12.0 Å². The number of nitrogens with one attached hydrogen (secondary N) is 1. The first kappa shape index (κ1) is 14.3. The molecule has 1 N–H and O–H groups in total. The molecule has 2 amide bonds.